The summed E-state index contributed by atoms with van der Waals surface area (Å²) in [5, 5.41) is 8.96. The Kier molecular flexibility index (Phi) is 4.86. The average molecular weight is 322 g/mol. The van der Waals surface area contributed by atoms with Crippen LogP contribution in [-0.2, 0) is 10.0 Å². The van der Waals surface area contributed by atoms with E-state index in [0.717, 1.165) is 0 Å². The van der Waals surface area contributed by atoms with Gasteiger partial charge in [-0.15, -0.1) is 0 Å². The van der Waals surface area contributed by atoms with Gasteiger partial charge in [-0.3, -0.25) is 4.72 Å². The Balaban J connectivity index is 2.21. The predicted octanol–water partition coefficient (Wildman–Crippen LogP) is 2.48. The van der Waals surface area contributed by atoms with E-state index < -0.39 is 10.0 Å². The molecule has 2 rings (SSSR count). The Bertz CT molecular complexity index is 790. The minimum atomic E-state index is -3.68. The molecule has 0 aromatic heterocycles. The van der Waals surface area contributed by atoms with E-state index in [4.69, 9.17) is 16.7 Å². The van der Waals surface area contributed by atoms with E-state index in [1.54, 1.807) is 36.4 Å². The van der Waals surface area contributed by atoms with Crippen molar-refractivity contribution in [1.29, 1.82) is 0 Å². The Morgan fingerprint density at radius 2 is 1.86 bits per heavy atom. The summed E-state index contributed by atoms with van der Waals surface area (Å²) in [6.07, 6.45) is 0. The van der Waals surface area contributed by atoms with Crippen molar-refractivity contribution in [3.05, 3.63) is 59.1 Å². The molecule has 21 heavy (non-hydrogen) atoms. The number of benzene rings is 2. The lowest BCUT2D eigenvalue weighted by Gasteiger charge is -2.08. The summed E-state index contributed by atoms with van der Waals surface area (Å²) in [5.41, 5.74) is 1.11. The van der Waals surface area contributed by atoms with E-state index >= 15 is 0 Å². The molecule has 0 spiro atoms. The first kappa shape index (κ1) is 15.4. The van der Waals surface area contributed by atoms with Gasteiger partial charge in [0.25, 0.3) is 10.0 Å². The van der Waals surface area contributed by atoms with Gasteiger partial charge in [-0.2, -0.15) is 0 Å². The molecule has 0 radical (unpaired) electrons. The molecule has 4 nitrogen and oxygen atoms in total. The van der Waals surface area contributed by atoms with Crippen LogP contribution >= 0.6 is 11.6 Å². The number of nitrogens with one attached hydrogen (secondary N) is 1. The van der Waals surface area contributed by atoms with E-state index in [1.165, 1.54) is 12.1 Å². The van der Waals surface area contributed by atoms with Gasteiger partial charge in [0.05, 0.1) is 4.90 Å². The van der Waals surface area contributed by atoms with Crippen LogP contribution in [0.25, 0.3) is 0 Å². The van der Waals surface area contributed by atoms with Crippen LogP contribution in [0.15, 0.2) is 53.4 Å². The lowest BCUT2D eigenvalue weighted by atomic mass is 10.2. The van der Waals surface area contributed by atoms with Crippen LogP contribution in [0.1, 0.15) is 5.56 Å². The Labute approximate surface area is 128 Å². The van der Waals surface area contributed by atoms with E-state index in [0.29, 0.717) is 16.3 Å². The van der Waals surface area contributed by atoms with Gasteiger partial charge < -0.3 is 5.11 Å². The fourth-order valence-corrected chi connectivity index (χ4v) is 2.97. The summed E-state index contributed by atoms with van der Waals surface area (Å²) in [6.45, 7) is -0.219. The maximum Gasteiger partial charge on any atom is 0.261 e. The third-order valence-corrected chi connectivity index (χ3v) is 4.17. The maximum absolute atomic E-state index is 12.2. The highest BCUT2D eigenvalue weighted by molar-refractivity contribution is 7.92. The van der Waals surface area contributed by atoms with Crippen molar-refractivity contribution >= 4 is 27.3 Å². The van der Waals surface area contributed by atoms with Gasteiger partial charge >= 0.3 is 0 Å². The minimum Gasteiger partial charge on any atom is -0.384 e. The molecule has 0 aliphatic carbocycles. The topological polar surface area (TPSA) is 66.4 Å². The van der Waals surface area contributed by atoms with Crippen LogP contribution in [0.2, 0.25) is 5.02 Å². The second-order valence-electron chi connectivity index (χ2n) is 4.10. The average Bonchev–Trinajstić information content (AvgIpc) is 2.46. The molecule has 6 heteroatoms. The number of hydrogen-bond donors (Lipinski definition) is 2. The van der Waals surface area contributed by atoms with Gasteiger partial charge in [-0.05, 0) is 42.5 Å². The third-order valence-electron chi connectivity index (χ3n) is 2.56. The van der Waals surface area contributed by atoms with Crippen LogP contribution in [0.3, 0.4) is 0 Å². The molecule has 108 valence electrons. The van der Waals surface area contributed by atoms with Crippen LogP contribution in [-0.4, -0.2) is 20.1 Å². The number of anilines is 1. The first-order valence-corrected chi connectivity index (χ1v) is 7.85. The van der Waals surface area contributed by atoms with Gasteiger partial charge in [-0.25, -0.2) is 8.42 Å². The van der Waals surface area contributed by atoms with E-state index in [1.807, 2.05) is 0 Å². The highest BCUT2D eigenvalue weighted by atomic mass is 35.5. The van der Waals surface area contributed by atoms with Crippen LogP contribution in [0.4, 0.5) is 5.69 Å². The van der Waals surface area contributed by atoms with E-state index in [9.17, 15) is 8.42 Å². The molecular weight excluding hydrogens is 310 g/mol. The molecule has 0 heterocycles. The molecule has 0 aliphatic heterocycles. The summed E-state index contributed by atoms with van der Waals surface area (Å²) in [6, 6.07) is 12.6. The van der Waals surface area contributed by atoms with E-state index in [2.05, 4.69) is 16.6 Å². The zero-order valence-electron chi connectivity index (χ0n) is 10.9. The second kappa shape index (κ2) is 6.64. The summed E-state index contributed by atoms with van der Waals surface area (Å²) in [7, 11) is -3.68. The normalized spacial score (nSPS) is 10.6. The largest absolute Gasteiger partial charge is 0.384 e. The number of sulfonamides is 1. The van der Waals surface area contributed by atoms with Crippen molar-refractivity contribution in [2.24, 2.45) is 0 Å². The summed E-state index contributed by atoms with van der Waals surface area (Å²) in [4.78, 5) is 0.0964. The van der Waals surface area contributed by atoms with Crippen LogP contribution < -0.4 is 4.72 Å². The predicted molar refractivity (Wildman–Crippen MR) is 82.7 cm³/mol. The molecular formula is C15H12ClNO3S. The van der Waals surface area contributed by atoms with Gasteiger partial charge in [0, 0.05) is 16.3 Å². The Morgan fingerprint density at radius 3 is 2.48 bits per heavy atom. The number of halogens is 1. The molecule has 0 amide bonds. The van der Waals surface area contributed by atoms with Crippen molar-refractivity contribution in [2.45, 2.75) is 4.90 Å². The molecule has 2 N–H and O–H groups in total. The smallest absolute Gasteiger partial charge is 0.261 e. The summed E-state index contributed by atoms with van der Waals surface area (Å²) in [5.74, 6) is 5.25. The van der Waals surface area contributed by atoms with Crippen molar-refractivity contribution in [3.8, 4) is 11.8 Å². The molecule has 2 aromatic rings. The molecule has 2 aromatic carbocycles. The van der Waals surface area contributed by atoms with Crippen molar-refractivity contribution in [1.82, 2.24) is 0 Å². The zero-order valence-corrected chi connectivity index (χ0v) is 12.4. The van der Waals surface area contributed by atoms with Crippen molar-refractivity contribution in [2.75, 3.05) is 11.3 Å². The number of hydrogen-bond acceptors (Lipinski definition) is 3. The van der Waals surface area contributed by atoms with E-state index in [-0.39, 0.29) is 11.5 Å². The molecule has 0 saturated heterocycles. The highest BCUT2D eigenvalue weighted by Crippen LogP contribution is 2.19. The minimum absolute atomic E-state index is 0.0964. The highest BCUT2D eigenvalue weighted by Gasteiger charge is 2.14. The molecule has 0 unspecified atom stereocenters. The summed E-state index contributed by atoms with van der Waals surface area (Å²) >= 11 is 5.80. The zero-order chi connectivity index (χ0) is 15.3. The van der Waals surface area contributed by atoms with Gasteiger partial charge in [0.15, 0.2) is 0 Å². The fraction of sp³-hybridized carbons (Fsp3) is 0.0667. The van der Waals surface area contributed by atoms with Crippen molar-refractivity contribution in [3.63, 3.8) is 0 Å². The molecule has 0 atom stereocenters. The first-order valence-electron chi connectivity index (χ1n) is 5.99. The van der Waals surface area contributed by atoms with Gasteiger partial charge in [-0.1, -0.05) is 29.5 Å². The second-order valence-corrected chi connectivity index (χ2v) is 6.22. The molecule has 0 bridgehead atoms. The number of rotatable bonds is 3. The number of aliphatic hydroxyl groups is 1. The number of aliphatic hydroxyl groups excluding tert-OH is 1. The monoisotopic (exact) mass is 321 g/mol. The van der Waals surface area contributed by atoms with Crippen LogP contribution in [0, 0.1) is 11.8 Å². The first-order chi connectivity index (χ1) is 10.0. The van der Waals surface area contributed by atoms with Gasteiger partial charge in [0.2, 0.25) is 0 Å². The lowest BCUT2D eigenvalue weighted by Crippen LogP contribution is -2.12. The molecule has 0 fully saturated rings. The Morgan fingerprint density at radius 1 is 1.14 bits per heavy atom. The molecule has 0 saturated carbocycles. The maximum atomic E-state index is 12.2. The molecule has 0 aliphatic rings. The standard InChI is InChI=1S/C15H12ClNO3S/c16-13-4-1-5-15(11-13)21(19,20)17-14-8-6-12(7-9-14)3-2-10-18/h1,4-9,11,17-18H,10H2. The van der Waals surface area contributed by atoms with Crippen LogP contribution in [0.5, 0.6) is 0 Å². The quantitative estimate of drug-likeness (QED) is 0.854. The lowest BCUT2D eigenvalue weighted by molar-refractivity contribution is 0.350. The SMILES string of the molecule is O=S(=O)(Nc1ccc(C#CCO)cc1)c1cccc(Cl)c1. The van der Waals surface area contributed by atoms with Crippen molar-refractivity contribution < 1.29 is 13.5 Å². The fourth-order valence-electron chi connectivity index (χ4n) is 1.61. The summed E-state index contributed by atoms with van der Waals surface area (Å²) < 4.78 is 26.8. The van der Waals surface area contributed by atoms with Gasteiger partial charge in [0.1, 0.15) is 6.61 Å². The third kappa shape index (κ3) is 4.23. The Hall–Kier alpha value is -2.00.